The maximum absolute atomic E-state index is 12.7. The van der Waals surface area contributed by atoms with Crippen molar-refractivity contribution in [1.29, 1.82) is 0 Å². The van der Waals surface area contributed by atoms with Crippen LogP contribution in [0.2, 0.25) is 0 Å². The van der Waals surface area contributed by atoms with Gasteiger partial charge >= 0.3 is 0 Å². The van der Waals surface area contributed by atoms with Gasteiger partial charge < -0.3 is 9.64 Å². The largest absolute Gasteiger partial charge is 0.472 e. The third-order valence-corrected chi connectivity index (χ3v) is 6.29. The summed E-state index contributed by atoms with van der Waals surface area (Å²) in [7, 11) is -0.556. The van der Waals surface area contributed by atoms with Crippen LogP contribution in [0.5, 0.6) is 5.88 Å². The lowest BCUT2D eigenvalue weighted by Crippen LogP contribution is -2.31. The molecule has 7 nitrogen and oxygen atoms in total. The number of hydrogen-bond acceptors (Lipinski definition) is 5. The Bertz CT molecular complexity index is 926. The molecule has 0 saturated carbocycles. The Hall–Kier alpha value is -2.45. The van der Waals surface area contributed by atoms with E-state index in [0.717, 1.165) is 16.4 Å². The monoisotopic (exact) mass is 389 g/mol. The number of aryl methyl sites for hydroxylation is 1. The molecule has 0 aliphatic carbocycles. The topological polar surface area (TPSA) is 79.8 Å². The number of carbonyl (C=O) groups excluding carboxylic acids is 1. The fourth-order valence-electron chi connectivity index (χ4n) is 2.93. The zero-order chi connectivity index (χ0) is 19.6. The second-order valence-electron chi connectivity index (χ2n) is 6.71. The van der Waals surface area contributed by atoms with Crippen LogP contribution >= 0.6 is 0 Å². The van der Waals surface area contributed by atoms with Gasteiger partial charge in [-0.2, -0.15) is 0 Å². The summed E-state index contributed by atoms with van der Waals surface area (Å²) in [5.74, 6) is 0.430. The highest BCUT2D eigenvalue weighted by atomic mass is 32.2. The predicted octanol–water partition coefficient (Wildman–Crippen LogP) is 1.93. The molecule has 1 aromatic carbocycles. The highest BCUT2D eigenvalue weighted by Gasteiger charge is 2.29. The Labute approximate surface area is 159 Å². The summed E-state index contributed by atoms with van der Waals surface area (Å²) in [5.41, 5.74) is 1.34. The quantitative estimate of drug-likeness (QED) is 0.781. The molecule has 2 aromatic rings. The first kappa shape index (κ1) is 19.3. The lowest BCUT2D eigenvalue weighted by molar-refractivity contribution is 0.0771. The van der Waals surface area contributed by atoms with Crippen LogP contribution in [0, 0.1) is 6.92 Å². The zero-order valence-electron chi connectivity index (χ0n) is 15.6. The molecule has 1 atom stereocenters. The minimum atomic E-state index is -3.50. The van der Waals surface area contributed by atoms with E-state index in [0.29, 0.717) is 24.5 Å². The standard InChI is InChI=1S/C19H23N3O4S/c1-14-5-4-6-18(20-14)26-16-11-12-22(13-16)19(23)15-7-9-17(10-8-15)27(24,25)21(2)3/h4-10,16H,11-13H2,1-3H3. The number of aromatic nitrogens is 1. The maximum Gasteiger partial charge on any atom is 0.253 e. The Morgan fingerprint density at radius 2 is 1.89 bits per heavy atom. The van der Waals surface area contributed by atoms with Gasteiger partial charge in [-0.15, -0.1) is 0 Å². The van der Waals surface area contributed by atoms with E-state index in [4.69, 9.17) is 4.74 Å². The first-order chi connectivity index (χ1) is 12.8. The van der Waals surface area contributed by atoms with Crippen molar-refractivity contribution >= 4 is 15.9 Å². The van der Waals surface area contributed by atoms with Crippen molar-refractivity contribution in [3.8, 4) is 5.88 Å². The number of carbonyl (C=O) groups is 1. The normalized spacial score (nSPS) is 17.3. The van der Waals surface area contributed by atoms with Crippen LogP contribution in [0.1, 0.15) is 22.5 Å². The lowest BCUT2D eigenvalue weighted by Gasteiger charge is -2.17. The highest BCUT2D eigenvalue weighted by molar-refractivity contribution is 7.89. The fourth-order valence-corrected chi connectivity index (χ4v) is 3.83. The van der Waals surface area contributed by atoms with Gasteiger partial charge in [0.15, 0.2) is 0 Å². The van der Waals surface area contributed by atoms with E-state index in [9.17, 15) is 13.2 Å². The first-order valence-electron chi connectivity index (χ1n) is 8.69. The lowest BCUT2D eigenvalue weighted by atomic mass is 10.2. The smallest absolute Gasteiger partial charge is 0.253 e. The Morgan fingerprint density at radius 3 is 2.52 bits per heavy atom. The molecule has 27 heavy (non-hydrogen) atoms. The minimum Gasteiger partial charge on any atom is -0.472 e. The number of amides is 1. The average Bonchev–Trinajstić information content (AvgIpc) is 3.09. The second kappa shape index (κ2) is 7.66. The third-order valence-electron chi connectivity index (χ3n) is 4.46. The number of likely N-dealkylation sites (tertiary alicyclic amines) is 1. The van der Waals surface area contributed by atoms with Crippen molar-refractivity contribution in [3.63, 3.8) is 0 Å². The maximum atomic E-state index is 12.7. The van der Waals surface area contributed by atoms with Gasteiger partial charge in [0, 0.05) is 44.4 Å². The molecular formula is C19H23N3O4S. The highest BCUT2D eigenvalue weighted by Crippen LogP contribution is 2.20. The Morgan fingerprint density at radius 1 is 1.19 bits per heavy atom. The number of pyridine rings is 1. The van der Waals surface area contributed by atoms with E-state index in [1.54, 1.807) is 23.1 Å². The molecule has 1 aromatic heterocycles. The van der Waals surface area contributed by atoms with E-state index >= 15 is 0 Å². The molecule has 1 aliphatic rings. The number of nitrogens with zero attached hydrogens (tertiary/aromatic N) is 3. The van der Waals surface area contributed by atoms with Crippen molar-refractivity contribution in [2.45, 2.75) is 24.3 Å². The molecule has 1 amide bonds. The van der Waals surface area contributed by atoms with E-state index in [-0.39, 0.29) is 16.9 Å². The molecule has 144 valence electrons. The van der Waals surface area contributed by atoms with Crippen LogP contribution in [0.15, 0.2) is 47.4 Å². The van der Waals surface area contributed by atoms with Crippen LogP contribution in [0.4, 0.5) is 0 Å². The van der Waals surface area contributed by atoms with Crippen LogP contribution in [0.3, 0.4) is 0 Å². The molecule has 0 radical (unpaired) electrons. The first-order valence-corrected chi connectivity index (χ1v) is 10.1. The molecule has 3 rings (SSSR count). The molecule has 2 heterocycles. The molecular weight excluding hydrogens is 366 g/mol. The number of ether oxygens (including phenoxy) is 1. The Kier molecular flexibility index (Phi) is 5.48. The van der Waals surface area contributed by atoms with Crippen molar-refractivity contribution in [3.05, 3.63) is 53.7 Å². The Balaban J connectivity index is 1.65. The van der Waals surface area contributed by atoms with Gasteiger partial charge in [0.25, 0.3) is 5.91 Å². The summed E-state index contributed by atoms with van der Waals surface area (Å²) in [6, 6.07) is 11.6. The minimum absolute atomic E-state index is 0.100. The van der Waals surface area contributed by atoms with Crippen molar-refractivity contribution < 1.29 is 17.9 Å². The van der Waals surface area contributed by atoms with E-state index in [1.165, 1.54) is 26.2 Å². The molecule has 0 bridgehead atoms. The van der Waals surface area contributed by atoms with E-state index < -0.39 is 10.0 Å². The SMILES string of the molecule is Cc1cccc(OC2CCN(C(=O)c3ccc(S(=O)(=O)N(C)C)cc3)C2)n1. The summed E-state index contributed by atoms with van der Waals surface area (Å²) in [5, 5.41) is 0. The summed E-state index contributed by atoms with van der Waals surface area (Å²) in [4.78, 5) is 18.9. The van der Waals surface area contributed by atoms with Gasteiger partial charge in [-0.1, -0.05) is 6.07 Å². The van der Waals surface area contributed by atoms with Crippen LogP contribution in [0.25, 0.3) is 0 Å². The molecule has 0 spiro atoms. The van der Waals surface area contributed by atoms with Crippen LogP contribution in [-0.4, -0.2) is 61.8 Å². The van der Waals surface area contributed by atoms with Gasteiger partial charge in [-0.3, -0.25) is 4.79 Å². The summed E-state index contributed by atoms with van der Waals surface area (Å²) in [6.07, 6.45) is 0.630. The van der Waals surface area contributed by atoms with Crippen molar-refractivity contribution in [2.75, 3.05) is 27.2 Å². The zero-order valence-corrected chi connectivity index (χ0v) is 16.4. The fraction of sp³-hybridized carbons (Fsp3) is 0.368. The summed E-state index contributed by atoms with van der Waals surface area (Å²) in [6.45, 7) is 2.97. The van der Waals surface area contributed by atoms with Crippen molar-refractivity contribution in [2.24, 2.45) is 0 Å². The molecule has 0 N–H and O–H groups in total. The third kappa shape index (κ3) is 4.28. The summed E-state index contributed by atoms with van der Waals surface area (Å²) >= 11 is 0. The number of benzene rings is 1. The molecule has 1 unspecified atom stereocenters. The van der Waals surface area contributed by atoms with Gasteiger partial charge in [-0.05, 0) is 37.3 Å². The van der Waals surface area contributed by atoms with E-state index in [1.807, 2.05) is 19.1 Å². The van der Waals surface area contributed by atoms with E-state index in [2.05, 4.69) is 4.98 Å². The molecule has 1 aliphatic heterocycles. The number of hydrogen-bond donors (Lipinski definition) is 0. The second-order valence-corrected chi connectivity index (χ2v) is 8.86. The van der Waals surface area contributed by atoms with Gasteiger partial charge in [0.1, 0.15) is 6.10 Å². The molecule has 1 saturated heterocycles. The van der Waals surface area contributed by atoms with Gasteiger partial charge in [0.05, 0.1) is 11.4 Å². The van der Waals surface area contributed by atoms with Crippen LogP contribution < -0.4 is 4.74 Å². The summed E-state index contributed by atoms with van der Waals surface area (Å²) < 4.78 is 31.3. The molecule has 8 heteroatoms. The number of sulfonamides is 1. The molecule has 1 fully saturated rings. The average molecular weight is 389 g/mol. The van der Waals surface area contributed by atoms with Crippen LogP contribution in [-0.2, 0) is 10.0 Å². The van der Waals surface area contributed by atoms with Crippen molar-refractivity contribution in [1.82, 2.24) is 14.2 Å². The number of rotatable bonds is 5. The van der Waals surface area contributed by atoms with Gasteiger partial charge in [-0.25, -0.2) is 17.7 Å². The predicted molar refractivity (Wildman–Crippen MR) is 101 cm³/mol. The van der Waals surface area contributed by atoms with Gasteiger partial charge in [0.2, 0.25) is 15.9 Å².